The molecule has 238 valence electrons. The van der Waals surface area contributed by atoms with E-state index in [1.54, 1.807) is 35.9 Å². The zero-order valence-electron chi connectivity index (χ0n) is 25.6. The molecule has 3 fully saturated rings. The Morgan fingerprint density at radius 1 is 1.00 bits per heavy atom. The van der Waals surface area contributed by atoms with Crippen molar-refractivity contribution in [3.05, 3.63) is 42.2 Å². The summed E-state index contributed by atoms with van der Waals surface area (Å²) in [5.41, 5.74) is 3.14. The lowest BCUT2D eigenvalue weighted by atomic mass is 9.93. The highest BCUT2D eigenvalue weighted by atomic mass is 32.2. The highest BCUT2D eigenvalue weighted by Gasteiger charge is 2.44. The van der Waals surface area contributed by atoms with Crippen LogP contribution in [0.3, 0.4) is 0 Å². The second-order valence-electron chi connectivity index (χ2n) is 11.3. The minimum atomic E-state index is -2.68. The van der Waals surface area contributed by atoms with Gasteiger partial charge >= 0.3 is 5.97 Å². The van der Waals surface area contributed by atoms with Crippen LogP contribution in [0.2, 0.25) is 0 Å². The number of anilines is 4. The first-order valence-corrected chi connectivity index (χ1v) is 16.4. The number of esters is 1. The first-order chi connectivity index (χ1) is 21.2. The number of fused-ring (bicyclic) bond motifs is 1. The molecule has 6 rings (SSSR count). The Morgan fingerprint density at radius 3 is 2.39 bits per heavy atom. The molecule has 13 heteroatoms. The van der Waals surface area contributed by atoms with Gasteiger partial charge in [-0.2, -0.15) is 4.98 Å². The number of imidazole rings is 1. The lowest BCUT2D eigenvalue weighted by Crippen LogP contribution is -2.40. The number of aromatic nitrogens is 3. The van der Waals surface area contributed by atoms with Gasteiger partial charge in [-0.05, 0) is 68.2 Å². The fourth-order valence-electron chi connectivity index (χ4n) is 5.74. The van der Waals surface area contributed by atoms with Crippen LogP contribution in [-0.4, -0.2) is 70.7 Å². The standard InChI is InChI=1S/C29H35F2N7O3S.C2H6/c1-2-41-25(39)19-42-35-20-3-4-21(22(17-20)36-12-7-28(5-6-28)8-13-36)26(40)33-23-18-24-32-11-16-38(24)27(34-23)37-14-9-29(30,31)10-15-37;1-2/h3-4,11,16-18,35H,2,5-10,12-15,19H2,1H3,(H,33,40);1-2H3. The van der Waals surface area contributed by atoms with Gasteiger partial charge in [0, 0.05) is 63.2 Å². The van der Waals surface area contributed by atoms with Gasteiger partial charge in [0.1, 0.15) is 17.2 Å². The predicted octanol–water partition coefficient (Wildman–Crippen LogP) is 6.25. The molecule has 44 heavy (non-hydrogen) atoms. The summed E-state index contributed by atoms with van der Waals surface area (Å²) in [6, 6.07) is 7.22. The molecule has 2 N–H and O–H groups in total. The minimum Gasteiger partial charge on any atom is -0.465 e. The zero-order chi connectivity index (χ0) is 31.3. The molecule has 2 saturated heterocycles. The Morgan fingerprint density at radius 2 is 1.70 bits per heavy atom. The van der Waals surface area contributed by atoms with Gasteiger partial charge < -0.3 is 24.6 Å². The lowest BCUT2D eigenvalue weighted by Gasteiger charge is -2.35. The molecule has 1 spiro atoms. The van der Waals surface area contributed by atoms with Crippen LogP contribution in [0, 0.1) is 5.41 Å². The normalized spacial score (nSPS) is 18.4. The Labute approximate surface area is 261 Å². The van der Waals surface area contributed by atoms with Crippen molar-refractivity contribution in [1.29, 1.82) is 0 Å². The summed E-state index contributed by atoms with van der Waals surface area (Å²) in [5, 5.41) is 2.94. The Kier molecular flexibility index (Phi) is 9.81. The van der Waals surface area contributed by atoms with Crippen LogP contribution < -0.4 is 19.8 Å². The van der Waals surface area contributed by atoms with Crippen molar-refractivity contribution in [2.45, 2.75) is 65.2 Å². The smallest absolute Gasteiger partial charge is 0.317 e. The van der Waals surface area contributed by atoms with Crippen LogP contribution in [0.4, 0.5) is 31.9 Å². The van der Waals surface area contributed by atoms with E-state index in [0.717, 1.165) is 37.3 Å². The molecule has 0 bridgehead atoms. The molecule has 3 aliphatic rings. The van der Waals surface area contributed by atoms with Gasteiger partial charge in [-0.1, -0.05) is 13.8 Å². The van der Waals surface area contributed by atoms with Crippen molar-refractivity contribution in [2.75, 3.05) is 58.4 Å². The fourth-order valence-corrected chi connectivity index (χ4v) is 6.31. The number of halogens is 2. The number of carbonyl (C=O) groups excluding carboxylic acids is 2. The maximum atomic E-state index is 13.8. The average molecular weight is 630 g/mol. The highest BCUT2D eigenvalue weighted by molar-refractivity contribution is 8.01. The summed E-state index contributed by atoms with van der Waals surface area (Å²) in [5.74, 6) is -2.35. The van der Waals surface area contributed by atoms with Crippen LogP contribution in [0.1, 0.15) is 69.7 Å². The monoisotopic (exact) mass is 629 g/mol. The van der Waals surface area contributed by atoms with E-state index >= 15 is 0 Å². The number of rotatable bonds is 9. The summed E-state index contributed by atoms with van der Waals surface area (Å²) in [4.78, 5) is 38.6. The highest BCUT2D eigenvalue weighted by Crippen LogP contribution is 2.54. The maximum Gasteiger partial charge on any atom is 0.317 e. The summed E-state index contributed by atoms with van der Waals surface area (Å²) in [6.07, 6.45) is 7.61. The largest absolute Gasteiger partial charge is 0.465 e. The van der Waals surface area contributed by atoms with Crippen LogP contribution in [0.25, 0.3) is 5.65 Å². The van der Waals surface area contributed by atoms with E-state index in [9.17, 15) is 18.4 Å². The molecule has 1 amide bonds. The van der Waals surface area contributed by atoms with Crippen molar-refractivity contribution < 1.29 is 23.1 Å². The van der Waals surface area contributed by atoms with Gasteiger partial charge in [0.2, 0.25) is 5.95 Å². The van der Waals surface area contributed by atoms with Crippen LogP contribution in [-0.2, 0) is 9.53 Å². The Hall–Kier alpha value is -3.61. The number of ether oxygens (including phenoxy) is 1. The fraction of sp³-hybridized carbons (Fsp3) is 0.548. The zero-order valence-corrected chi connectivity index (χ0v) is 26.4. The Balaban J connectivity index is 0.00000188. The van der Waals surface area contributed by atoms with E-state index in [2.05, 4.69) is 24.9 Å². The number of benzene rings is 1. The molecule has 0 atom stereocenters. The summed E-state index contributed by atoms with van der Waals surface area (Å²) in [7, 11) is 0. The number of amides is 1. The number of hydrogen-bond donors (Lipinski definition) is 2. The predicted molar refractivity (Wildman–Crippen MR) is 171 cm³/mol. The summed E-state index contributed by atoms with van der Waals surface area (Å²) in [6.45, 7) is 8.15. The third-order valence-electron chi connectivity index (χ3n) is 8.44. The van der Waals surface area contributed by atoms with Gasteiger partial charge in [0.05, 0.1) is 17.9 Å². The second-order valence-corrected chi connectivity index (χ2v) is 12.1. The lowest BCUT2D eigenvalue weighted by molar-refractivity contribution is -0.139. The van der Waals surface area contributed by atoms with E-state index in [4.69, 9.17) is 4.74 Å². The van der Waals surface area contributed by atoms with Crippen LogP contribution in [0.5, 0.6) is 0 Å². The van der Waals surface area contributed by atoms with Crippen molar-refractivity contribution in [1.82, 2.24) is 14.4 Å². The van der Waals surface area contributed by atoms with E-state index in [0.29, 0.717) is 35.0 Å². The SMILES string of the molecule is CC.CCOC(=O)CSNc1ccc(C(=O)Nc2cc3nccn3c(N3CCC(F)(F)CC3)n2)c(N2CCC3(CC2)CC3)c1. The first kappa shape index (κ1) is 31.8. The number of nitrogens with one attached hydrogen (secondary N) is 2. The summed E-state index contributed by atoms with van der Waals surface area (Å²) >= 11 is 1.24. The molecule has 2 aliphatic heterocycles. The van der Waals surface area contributed by atoms with Crippen LogP contribution in [0.15, 0.2) is 36.7 Å². The molecule has 0 radical (unpaired) electrons. The van der Waals surface area contributed by atoms with E-state index in [-0.39, 0.29) is 43.6 Å². The molecular weight excluding hydrogens is 588 g/mol. The Bertz CT molecular complexity index is 1460. The van der Waals surface area contributed by atoms with Crippen molar-refractivity contribution >= 4 is 52.6 Å². The molecule has 10 nitrogen and oxygen atoms in total. The van der Waals surface area contributed by atoms with Gasteiger partial charge in [-0.25, -0.2) is 13.8 Å². The minimum absolute atomic E-state index is 0.161. The van der Waals surface area contributed by atoms with Gasteiger partial charge in [-0.3, -0.25) is 14.0 Å². The number of nitrogens with zero attached hydrogens (tertiary/aromatic N) is 5. The molecule has 2 aromatic heterocycles. The summed E-state index contributed by atoms with van der Waals surface area (Å²) < 4.78 is 37.6. The number of piperidine rings is 2. The van der Waals surface area contributed by atoms with Crippen molar-refractivity contribution in [3.8, 4) is 0 Å². The van der Waals surface area contributed by atoms with Crippen LogP contribution >= 0.6 is 11.9 Å². The van der Waals surface area contributed by atoms with Gasteiger partial charge in [-0.15, -0.1) is 0 Å². The van der Waals surface area contributed by atoms with E-state index in [1.165, 1.54) is 24.8 Å². The van der Waals surface area contributed by atoms with Crippen molar-refractivity contribution in [3.63, 3.8) is 0 Å². The average Bonchev–Trinajstić information content (AvgIpc) is 3.59. The quantitative estimate of drug-likeness (QED) is 0.210. The van der Waals surface area contributed by atoms with E-state index < -0.39 is 5.92 Å². The van der Waals surface area contributed by atoms with Gasteiger partial charge in [0.15, 0.2) is 0 Å². The number of alkyl halides is 2. The van der Waals surface area contributed by atoms with Gasteiger partial charge in [0.25, 0.3) is 11.8 Å². The molecular formula is C31H41F2N7O3S. The maximum absolute atomic E-state index is 13.8. The molecule has 1 aromatic carbocycles. The van der Waals surface area contributed by atoms with E-state index in [1.807, 2.05) is 30.9 Å². The number of carbonyl (C=O) groups is 2. The second kappa shape index (κ2) is 13.6. The van der Waals surface area contributed by atoms with Crippen molar-refractivity contribution in [2.24, 2.45) is 5.41 Å². The molecule has 4 heterocycles. The topological polar surface area (TPSA) is 104 Å². The number of hydrogen-bond acceptors (Lipinski definition) is 9. The first-order valence-electron chi connectivity index (χ1n) is 15.4. The molecule has 1 saturated carbocycles. The molecule has 1 aliphatic carbocycles. The third-order valence-corrected chi connectivity index (χ3v) is 9.20. The molecule has 0 unspecified atom stereocenters. The molecule has 3 aromatic rings. The third kappa shape index (κ3) is 7.36.